The molecule has 0 saturated heterocycles. The summed E-state index contributed by atoms with van der Waals surface area (Å²) in [5, 5.41) is 0. The molecule has 1 aliphatic carbocycles. The van der Waals surface area contributed by atoms with E-state index < -0.39 is 0 Å². The van der Waals surface area contributed by atoms with E-state index in [1.165, 1.54) is 116 Å². The molecule has 1 fully saturated rings. The highest BCUT2D eigenvalue weighted by Gasteiger charge is 2.39. The summed E-state index contributed by atoms with van der Waals surface area (Å²) in [6, 6.07) is 0. The fourth-order valence-electron chi connectivity index (χ4n) is 9.67. The third kappa shape index (κ3) is 14.1. The topological polar surface area (TPSA) is 0 Å². The van der Waals surface area contributed by atoms with Gasteiger partial charge in [0.05, 0.1) is 0 Å². The molecule has 0 radical (unpaired) electrons. The second-order valence-corrected chi connectivity index (χ2v) is 17.4. The minimum atomic E-state index is 0.523. The molecular weight excluding hydrogens is 516 g/mol. The predicted molar refractivity (Wildman–Crippen MR) is 198 cm³/mol. The molecule has 0 heteroatoms. The Bertz CT molecular complexity index is 663. The van der Waals surface area contributed by atoms with Gasteiger partial charge in [0.25, 0.3) is 0 Å². The molecule has 1 rings (SSSR count). The van der Waals surface area contributed by atoms with Crippen LogP contribution in [-0.2, 0) is 0 Å². The molecule has 258 valence electrons. The van der Waals surface area contributed by atoms with Crippen molar-refractivity contribution in [1.29, 1.82) is 0 Å². The number of hydrogen-bond acceptors (Lipinski definition) is 0. The highest BCUT2D eigenvalue weighted by atomic mass is 14.4. The minimum Gasteiger partial charge on any atom is -0.0654 e. The van der Waals surface area contributed by atoms with Crippen LogP contribution in [0.25, 0.3) is 0 Å². The van der Waals surface area contributed by atoms with Crippen LogP contribution in [0.2, 0.25) is 0 Å². The van der Waals surface area contributed by atoms with Crippen LogP contribution in [0, 0.1) is 70.5 Å². The largest absolute Gasteiger partial charge is 0.0654 e. The lowest BCUT2D eigenvalue weighted by Crippen LogP contribution is -2.34. The first-order chi connectivity index (χ1) is 20.4. The van der Waals surface area contributed by atoms with E-state index in [1.54, 1.807) is 0 Å². The molecule has 0 aliphatic heterocycles. The quantitative estimate of drug-likeness (QED) is 0.138. The summed E-state index contributed by atoms with van der Waals surface area (Å²) < 4.78 is 0. The fourth-order valence-corrected chi connectivity index (χ4v) is 9.67. The standard InChI is InChI=1S/C43H86/c1-14-19-22-40-31-43(13,18-5)30-29-37(12)42(33(8)17-4)41(28-24-36(40)11)39(25-23-35(10)34(9)20-15-2)27-26-38(21-16-3)32(6)7/h32-42H,14-31H2,1-13H3. The lowest BCUT2D eigenvalue weighted by atomic mass is 9.63. The van der Waals surface area contributed by atoms with E-state index in [-0.39, 0.29) is 0 Å². The molecule has 0 amide bonds. The van der Waals surface area contributed by atoms with E-state index in [2.05, 4.69) is 90.0 Å². The lowest BCUT2D eigenvalue weighted by molar-refractivity contribution is 0.0708. The molecule has 1 aliphatic rings. The first kappa shape index (κ1) is 41.0. The van der Waals surface area contributed by atoms with Crippen LogP contribution in [0.4, 0.5) is 0 Å². The first-order valence-corrected chi connectivity index (χ1v) is 20.4. The van der Waals surface area contributed by atoms with Gasteiger partial charge in [-0.15, -0.1) is 0 Å². The Kier molecular flexibility index (Phi) is 20.7. The van der Waals surface area contributed by atoms with Crippen LogP contribution in [0.15, 0.2) is 0 Å². The van der Waals surface area contributed by atoms with Crippen molar-refractivity contribution in [3.63, 3.8) is 0 Å². The SMILES string of the molecule is CCCCC1CC(C)(CC)CCC(C)C(C(C)CC)C(C(CCC(C)C(C)CCC)CCC(CCC)C(C)C)CCC1C. The van der Waals surface area contributed by atoms with Crippen molar-refractivity contribution in [2.24, 2.45) is 70.5 Å². The van der Waals surface area contributed by atoms with Gasteiger partial charge in [-0.1, -0.05) is 161 Å². The Labute approximate surface area is 275 Å². The molecular formula is C43H86. The van der Waals surface area contributed by atoms with Crippen LogP contribution < -0.4 is 0 Å². The average molecular weight is 603 g/mol. The van der Waals surface area contributed by atoms with E-state index in [4.69, 9.17) is 0 Å². The molecule has 43 heavy (non-hydrogen) atoms. The predicted octanol–water partition coefficient (Wildman–Crippen LogP) is 15.0. The van der Waals surface area contributed by atoms with Gasteiger partial charge in [-0.25, -0.2) is 0 Å². The van der Waals surface area contributed by atoms with E-state index >= 15 is 0 Å². The average Bonchev–Trinajstić information content (AvgIpc) is 3.00. The Morgan fingerprint density at radius 2 is 1.30 bits per heavy atom. The summed E-state index contributed by atoms with van der Waals surface area (Å²) in [6.07, 6.45) is 25.7. The van der Waals surface area contributed by atoms with E-state index in [1.807, 2.05) is 0 Å². The zero-order valence-electron chi connectivity index (χ0n) is 32.6. The molecule has 0 aromatic carbocycles. The molecule has 0 heterocycles. The van der Waals surface area contributed by atoms with Gasteiger partial charge in [0.1, 0.15) is 0 Å². The van der Waals surface area contributed by atoms with Crippen molar-refractivity contribution in [1.82, 2.24) is 0 Å². The highest BCUT2D eigenvalue weighted by molar-refractivity contribution is 4.89. The van der Waals surface area contributed by atoms with Gasteiger partial charge in [0, 0.05) is 0 Å². The van der Waals surface area contributed by atoms with Gasteiger partial charge in [0.2, 0.25) is 0 Å². The van der Waals surface area contributed by atoms with Crippen molar-refractivity contribution < 1.29 is 0 Å². The van der Waals surface area contributed by atoms with Crippen LogP contribution in [0.5, 0.6) is 0 Å². The Hall–Kier alpha value is 0. The Balaban J connectivity index is 3.51. The molecule has 0 aromatic heterocycles. The van der Waals surface area contributed by atoms with Crippen molar-refractivity contribution >= 4 is 0 Å². The van der Waals surface area contributed by atoms with Gasteiger partial charge in [-0.2, -0.15) is 0 Å². The second kappa shape index (κ2) is 21.7. The van der Waals surface area contributed by atoms with Crippen molar-refractivity contribution in [2.45, 2.75) is 206 Å². The number of hydrogen-bond donors (Lipinski definition) is 0. The molecule has 0 bridgehead atoms. The molecule has 0 spiro atoms. The normalized spacial score (nSPS) is 31.3. The molecule has 0 nitrogen and oxygen atoms in total. The van der Waals surface area contributed by atoms with Crippen LogP contribution in [0.1, 0.15) is 206 Å². The van der Waals surface area contributed by atoms with Crippen LogP contribution in [-0.4, -0.2) is 0 Å². The van der Waals surface area contributed by atoms with Gasteiger partial charge >= 0.3 is 0 Å². The van der Waals surface area contributed by atoms with Gasteiger partial charge in [-0.3, -0.25) is 0 Å². The maximum absolute atomic E-state index is 2.70. The summed E-state index contributed by atoms with van der Waals surface area (Å²) in [4.78, 5) is 0. The van der Waals surface area contributed by atoms with E-state index in [0.717, 1.165) is 65.1 Å². The summed E-state index contributed by atoms with van der Waals surface area (Å²) in [5.74, 6) is 9.68. The third-order valence-electron chi connectivity index (χ3n) is 13.8. The second-order valence-electron chi connectivity index (χ2n) is 17.4. The molecule has 11 atom stereocenters. The number of rotatable bonds is 19. The third-order valence-corrected chi connectivity index (χ3v) is 13.8. The molecule has 11 unspecified atom stereocenters. The Morgan fingerprint density at radius 3 is 1.86 bits per heavy atom. The van der Waals surface area contributed by atoms with Crippen molar-refractivity contribution in [3.8, 4) is 0 Å². The summed E-state index contributed by atoms with van der Waals surface area (Å²) in [7, 11) is 0. The molecule has 0 aromatic rings. The molecule has 1 saturated carbocycles. The lowest BCUT2D eigenvalue weighted by Gasteiger charge is -2.42. The zero-order chi connectivity index (χ0) is 32.6. The van der Waals surface area contributed by atoms with Gasteiger partial charge in [-0.05, 0) is 115 Å². The summed E-state index contributed by atoms with van der Waals surface area (Å²) >= 11 is 0. The van der Waals surface area contributed by atoms with Crippen LogP contribution >= 0.6 is 0 Å². The summed E-state index contributed by atoms with van der Waals surface area (Å²) in [6.45, 7) is 33.0. The maximum Gasteiger partial charge on any atom is -0.0326 e. The fraction of sp³-hybridized carbons (Fsp3) is 1.00. The van der Waals surface area contributed by atoms with Gasteiger partial charge in [0.15, 0.2) is 0 Å². The van der Waals surface area contributed by atoms with Crippen molar-refractivity contribution in [2.75, 3.05) is 0 Å². The van der Waals surface area contributed by atoms with Crippen LogP contribution in [0.3, 0.4) is 0 Å². The van der Waals surface area contributed by atoms with E-state index in [9.17, 15) is 0 Å². The van der Waals surface area contributed by atoms with Gasteiger partial charge < -0.3 is 0 Å². The maximum atomic E-state index is 2.70. The summed E-state index contributed by atoms with van der Waals surface area (Å²) in [5.41, 5.74) is 0.523. The smallest absolute Gasteiger partial charge is 0.0326 e. The minimum absolute atomic E-state index is 0.523. The first-order valence-electron chi connectivity index (χ1n) is 20.4. The molecule has 0 N–H and O–H groups in total. The van der Waals surface area contributed by atoms with E-state index in [0.29, 0.717) is 5.41 Å². The van der Waals surface area contributed by atoms with Crippen molar-refractivity contribution in [3.05, 3.63) is 0 Å². The zero-order valence-corrected chi connectivity index (χ0v) is 32.6. The highest BCUT2D eigenvalue weighted by Crippen LogP contribution is 2.49. The Morgan fingerprint density at radius 1 is 0.674 bits per heavy atom. The monoisotopic (exact) mass is 603 g/mol. The number of unbranched alkanes of at least 4 members (excludes halogenated alkanes) is 1.